The lowest BCUT2D eigenvalue weighted by atomic mass is 10.2. The van der Waals surface area contributed by atoms with Crippen LogP contribution in [0.25, 0.3) is 23.0 Å². The van der Waals surface area contributed by atoms with E-state index in [1.807, 2.05) is 31.2 Å². The first-order valence-electron chi connectivity index (χ1n) is 5.98. The van der Waals surface area contributed by atoms with Crippen LogP contribution in [0.1, 0.15) is 6.92 Å². The Bertz CT molecular complexity index is 659. The quantitative estimate of drug-likeness (QED) is 0.716. The summed E-state index contributed by atoms with van der Waals surface area (Å²) in [7, 11) is 0. The van der Waals surface area contributed by atoms with Crippen LogP contribution in [0.3, 0.4) is 0 Å². The number of ether oxygens (including phenoxy) is 1. The predicted molar refractivity (Wildman–Crippen MR) is 68.6 cm³/mol. The first-order valence-corrected chi connectivity index (χ1v) is 5.98. The smallest absolute Gasteiger partial charge is 0.293 e. The molecule has 5 nitrogen and oxygen atoms in total. The van der Waals surface area contributed by atoms with Crippen LogP contribution in [0.15, 0.2) is 51.6 Å². The predicted octanol–water partition coefficient (Wildman–Crippen LogP) is 3.40. The van der Waals surface area contributed by atoms with Gasteiger partial charge in [0.25, 0.3) is 5.89 Å². The van der Waals surface area contributed by atoms with Gasteiger partial charge in [-0.05, 0) is 31.2 Å². The molecule has 0 saturated carbocycles. The molecule has 0 amide bonds. The maximum Gasteiger partial charge on any atom is 0.293 e. The van der Waals surface area contributed by atoms with E-state index in [2.05, 4.69) is 10.1 Å². The molecule has 2 aromatic heterocycles. The van der Waals surface area contributed by atoms with Gasteiger partial charge in [0.2, 0.25) is 5.82 Å². The molecule has 0 saturated heterocycles. The molecule has 96 valence electrons. The normalized spacial score (nSPS) is 10.6. The summed E-state index contributed by atoms with van der Waals surface area (Å²) in [5.41, 5.74) is 0.797. The van der Waals surface area contributed by atoms with E-state index >= 15 is 0 Å². The molecule has 0 unspecified atom stereocenters. The Kier molecular flexibility index (Phi) is 3.02. The lowest BCUT2D eigenvalue weighted by molar-refractivity contribution is 0.341. The fourth-order valence-electron chi connectivity index (χ4n) is 1.77. The first kappa shape index (κ1) is 11.5. The molecule has 5 heteroatoms. The van der Waals surface area contributed by atoms with Gasteiger partial charge in [0, 0.05) is 0 Å². The van der Waals surface area contributed by atoms with E-state index in [9.17, 15) is 0 Å². The molecule has 3 rings (SSSR count). The number of furan rings is 1. The van der Waals surface area contributed by atoms with E-state index in [-0.39, 0.29) is 0 Å². The van der Waals surface area contributed by atoms with Crippen molar-refractivity contribution in [3.05, 3.63) is 42.7 Å². The van der Waals surface area contributed by atoms with Gasteiger partial charge >= 0.3 is 0 Å². The lowest BCUT2D eigenvalue weighted by Gasteiger charge is -2.05. The van der Waals surface area contributed by atoms with Gasteiger partial charge in [0.1, 0.15) is 5.75 Å². The van der Waals surface area contributed by atoms with Crippen molar-refractivity contribution in [1.29, 1.82) is 0 Å². The van der Waals surface area contributed by atoms with Crippen LogP contribution in [0.2, 0.25) is 0 Å². The maximum absolute atomic E-state index is 5.55. The van der Waals surface area contributed by atoms with E-state index in [0.29, 0.717) is 24.1 Å². The minimum atomic E-state index is 0.353. The van der Waals surface area contributed by atoms with Gasteiger partial charge in [-0.15, -0.1) is 0 Å². The molecule has 0 bridgehead atoms. The van der Waals surface area contributed by atoms with Crippen molar-refractivity contribution in [3.63, 3.8) is 0 Å². The Morgan fingerprint density at radius 3 is 2.84 bits per heavy atom. The third-order valence-electron chi connectivity index (χ3n) is 2.59. The molecule has 0 aliphatic rings. The van der Waals surface area contributed by atoms with Crippen LogP contribution in [-0.2, 0) is 0 Å². The molecule has 0 aliphatic heterocycles. The highest BCUT2D eigenvalue weighted by Crippen LogP contribution is 2.29. The van der Waals surface area contributed by atoms with Crippen LogP contribution in [0.5, 0.6) is 5.75 Å². The molecule has 0 spiro atoms. The molecule has 19 heavy (non-hydrogen) atoms. The summed E-state index contributed by atoms with van der Waals surface area (Å²) in [6.45, 7) is 2.52. The third kappa shape index (κ3) is 2.22. The zero-order chi connectivity index (χ0) is 13.1. The van der Waals surface area contributed by atoms with Crippen LogP contribution < -0.4 is 4.74 Å². The maximum atomic E-state index is 5.55. The van der Waals surface area contributed by atoms with Crippen molar-refractivity contribution in [2.24, 2.45) is 0 Å². The van der Waals surface area contributed by atoms with Gasteiger partial charge in [-0.2, -0.15) is 4.98 Å². The Hall–Kier alpha value is -2.56. The number of rotatable bonds is 4. The fourth-order valence-corrected chi connectivity index (χ4v) is 1.77. The molecule has 3 aromatic rings. The Morgan fingerprint density at radius 1 is 1.16 bits per heavy atom. The number of para-hydroxylation sites is 1. The zero-order valence-corrected chi connectivity index (χ0v) is 10.4. The summed E-state index contributed by atoms with van der Waals surface area (Å²) in [6.07, 6.45) is 1.56. The highest BCUT2D eigenvalue weighted by Gasteiger charge is 2.15. The molecule has 0 aliphatic carbocycles. The van der Waals surface area contributed by atoms with Crippen molar-refractivity contribution >= 4 is 0 Å². The second kappa shape index (κ2) is 4.97. The molecule has 0 radical (unpaired) electrons. The van der Waals surface area contributed by atoms with Crippen molar-refractivity contribution in [1.82, 2.24) is 10.1 Å². The van der Waals surface area contributed by atoms with E-state index in [0.717, 1.165) is 11.3 Å². The van der Waals surface area contributed by atoms with Crippen molar-refractivity contribution in [2.75, 3.05) is 6.61 Å². The number of hydrogen-bond donors (Lipinski definition) is 0. The van der Waals surface area contributed by atoms with E-state index < -0.39 is 0 Å². The zero-order valence-electron chi connectivity index (χ0n) is 10.4. The fraction of sp³-hybridized carbons (Fsp3) is 0.143. The highest BCUT2D eigenvalue weighted by molar-refractivity contribution is 5.64. The van der Waals surface area contributed by atoms with E-state index in [1.165, 1.54) is 0 Å². The molecular formula is C14H12N2O3. The second-order valence-corrected chi connectivity index (χ2v) is 3.83. The van der Waals surface area contributed by atoms with E-state index in [1.54, 1.807) is 18.4 Å². The Balaban J connectivity index is 1.99. The van der Waals surface area contributed by atoms with Gasteiger partial charge in [-0.25, -0.2) is 0 Å². The minimum Gasteiger partial charge on any atom is -0.493 e. The number of benzene rings is 1. The minimum absolute atomic E-state index is 0.353. The van der Waals surface area contributed by atoms with Crippen molar-refractivity contribution in [3.8, 4) is 28.8 Å². The Morgan fingerprint density at radius 2 is 2.05 bits per heavy atom. The molecule has 0 N–H and O–H groups in total. The Labute approximate surface area is 109 Å². The largest absolute Gasteiger partial charge is 0.493 e. The summed E-state index contributed by atoms with van der Waals surface area (Å²) >= 11 is 0. The monoisotopic (exact) mass is 256 g/mol. The summed E-state index contributed by atoms with van der Waals surface area (Å²) in [5.74, 6) is 2.12. The summed E-state index contributed by atoms with van der Waals surface area (Å²) in [6, 6.07) is 11.1. The topological polar surface area (TPSA) is 61.3 Å². The van der Waals surface area contributed by atoms with Gasteiger partial charge in [0.05, 0.1) is 18.4 Å². The lowest BCUT2D eigenvalue weighted by Crippen LogP contribution is -1.94. The average molecular weight is 256 g/mol. The number of aromatic nitrogens is 2. The van der Waals surface area contributed by atoms with Gasteiger partial charge in [0.15, 0.2) is 5.76 Å². The summed E-state index contributed by atoms with van der Waals surface area (Å²) in [4.78, 5) is 4.31. The number of hydrogen-bond acceptors (Lipinski definition) is 5. The van der Waals surface area contributed by atoms with Crippen molar-refractivity contribution < 1.29 is 13.7 Å². The van der Waals surface area contributed by atoms with Crippen molar-refractivity contribution in [2.45, 2.75) is 6.92 Å². The standard InChI is InChI=1S/C14H12N2O3/c1-2-17-11-7-4-3-6-10(11)13-15-14(19-16-13)12-8-5-9-18-12/h3-9H,2H2,1H3. The van der Waals surface area contributed by atoms with Gasteiger partial charge in [-0.1, -0.05) is 17.3 Å². The van der Waals surface area contributed by atoms with Crippen LogP contribution in [0.4, 0.5) is 0 Å². The molecule has 2 heterocycles. The van der Waals surface area contributed by atoms with Gasteiger partial charge in [-0.3, -0.25) is 0 Å². The van der Waals surface area contributed by atoms with Crippen LogP contribution >= 0.6 is 0 Å². The molecular weight excluding hydrogens is 244 g/mol. The van der Waals surface area contributed by atoms with E-state index in [4.69, 9.17) is 13.7 Å². The van der Waals surface area contributed by atoms with Crippen LogP contribution in [0, 0.1) is 0 Å². The molecule has 0 fully saturated rings. The first-order chi connectivity index (χ1) is 9.38. The molecule has 0 atom stereocenters. The summed E-state index contributed by atoms with van der Waals surface area (Å²) in [5, 5.41) is 3.96. The SMILES string of the molecule is CCOc1ccccc1-c1noc(-c2ccco2)n1. The van der Waals surface area contributed by atoms with Gasteiger partial charge < -0.3 is 13.7 Å². The second-order valence-electron chi connectivity index (χ2n) is 3.83. The highest BCUT2D eigenvalue weighted by atomic mass is 16.5. The molecule has 1 aromatic carbocycles. The third-order valence-corrected chi connectivity index (χ3v) is 2.59. The van der Waals surface area contributed by atoms with Crippen LogP contribution in [-0.4, -0.2) is 16.7 Å². The summed E-state index contributed by atoms with van der Waals surface area (Å²) < 4.78 is 16.0. The average Bonchev–Trinajstić information content (AvgIpc) is 3.11. The number of nitrogens with zero attached hydrogens (tertiary/aromatic N) is 2.